The zero-order valence-electron chi connectivity index (χ0n) is 13.2. The molecule has 0 aliphatic rings. The fourth-order valence-electron chi connectivity index (χ4n) is 2.30. The highest BCUT2D eigenvalue weighted by Crippen LogP contribution is 2.11. The van der Waals surface area contributed by atoms with Gasteiger partial charge in [-0.2, -0.15) is 0 Å². The van der Waals surface area contributed by atoms with E-state index in [1.165, 1.54) is 17.0 Å². The molecule has 0 fully saturated rings. The third-order valence-corrected chi connectivity index (χ3v) is 3.61. The average molecular weight is 321 g/mol. The lowest BCUT2D eigenvalue weighted by atomic mass is 10.2. The van der Waals surface area contributed by atoms with Gasteiger partial charge in [-0.1, -0.05) is 30.3 Å². The minimum atomic E-state index is -0.318. The number of rotatable bonds is 4. The van der Waals surface area contributed by atoms with Crippen LogP contribution in [-0.2, 0) is 11.3 Å². The van der Waals surface area contributed by atoms with E-state index in [2.05, 4.69) is 9.97 Å². The number of hydrogen-bond acceptors (Lipinski definition) is 3. The lowest BCUT2D eigenvalue weighted by Crippen LogP contribution is -2.24. The summed E-state index contributed by atoms with van der Waals surface area (Å²) in [5.74, 6) is -0.547. The summed E-state index contributed by atoms with van der Waals surface area (Å²) in [5.41, 5.74) is 2.65. The minimum Gasteiger partial charge on any atom is -0.338 e. The Hall–Kier alpha value is -3.08. The monoisotopic (exact) mass is 321 g/mol. The summed E-state index contributed by atoms with van der Waals surface area (Å²) < 4.78 is 13.6. The van der Waals surface area contributed by atoms with E-state index in [1.54, 1.807) is 37.5 Å². The molecule has 1 amide bonds. The van der Waals surface area contributed by atoms with Crippen LogP contribution in [0.25, 0.3) is 17.1 Å². The van der Waals surface area contributed by atoms with Crippen LogP contribution in [0.3, 0.4) is 0 Å². The smallest absolute Gasteiger partial charge is 0.246 e. The standard InChI is InChI=1S/C19H16FN3O/c1-23(13-14-6-2-3-7-16(14)20)19(24)11-10-15-12-21-17-8-4-5-9-18(17)22-15/h2-12H,13H2,1H3. The summed E-state index contributed by atoms with van der Waals surface area (Å²) in [6, 6.07) is 13.9. The van der Waals surface area contributed by atoms with Crippen LogP contribution in [0.15, 0.2) is 60.8 Å². The molecule has 0 saturated heterocycles. The van der Waals surface area contributed by atoms with Gasteiger partial charge in [-0.05, 0) is 24.3 Å². The Morgan fingerprint density at radius 2 is 1.83 bits per heavy atom. The predicted octanol–water partition coefficient (Wildman–Crippen LogP) is 3.44. The first-order valence-corrected chi connectivity index (χ1v) is 7.52. The van der Waals surface area contributed by atoms with Gasteiger partial charge in [-0.25, -0.2) is 9.37 Å². The molecule has 5 heteroatoms. The fourth-order valence-corrected chi connectivity index (χ4v) is 2.30. The second-order valence-electron chi connectivity index (χ2n) is 5.40. The first-order valence-electron chi connectivity index (χ1n) is 7.52. The molecule has 0 N–H and O–H groups in total. The van der Waals surface area contributed by atoms with Crippen molar-refractivity contribution in [2.45, 2.75) is 6.54 Å². The number of aromatic nitrogens is 2. The minimum absolute atomic E-state index is 0.208. The van der Waals surface area contributed by atoms with Crippen LogP contribution < -0.4 is 0 Å². The van der Waals surface area contributed by atoms with Crippen LogP contribution in [0.4, 0.5) is 4.39 Å². The maximum Gasteiger partial charge on any atom is 0.246 e. The Morgan fingerprint density at radius 3 is 2.62 bits per heavy atom. The lowest BCUT2D eigenvalue weighted by molar-refractivity contribution is -0.125. The van der Waals surface area contributed by atoms with Crippen LogP contribution >= 0.6 is 0 Å². The summed E-state index contributed by atoms with van der Waals surface area (Å²) >= 11 is 0. The quantitative estimate of drug-likeness (QED) is 0.692. The fraction of sp³-hybridized carbons (Fsp3) is 0.105. The highest BCUT2D eigenvalue weighted by atomic mass is 19.1. The molecule has 0 radical (unpaired) electrons. The molecule has 0 atom stereocenters. The van der Waals surface area contributed by atoms with Gasteiger partial charge >= 0.3 is 0 Å². The number of carbonyl (C=O) groups excluding carboxylic acids is 1. The maximum atomic E-state index is 13.6. The molecule has 3 aromatic rings. The van der Waals surface area contributed by atoms with E-state index in [0.717, 1.165) is 11.0 Å². The Kier molecular flexibility index (Phi) is 4.61. The Bertz CT molecular complexity index is 908. The second kappa shape index (κ2) is 7.00. The van der Waals surface area contributed by atoms with Crippen LogP contribution in [0.5, 0.6) is 0 Å². The predicted molar refractivity (Wildman–Crippen MR) is 91.4 cm³/mol. The van der Waals surface area contributed by atoms with Crippen molar-refractivity contribution in [3.05, 3.63) is 77.9 Å². The van der Waals surface area contributed by atoms with Crippen LogP contribution in [0.2, 0.25) is 0 Å². The van der Waals surface area contributed by atoms with E-state index in [0.29, 0.717) is 11.3 Å². The molecule has 120 valence electrons. The summed E-state index contributed by atoms with van der Waals surface area (Å²) in [6.45, 7) is 0.208. The maximum absolute atomic E-state index is 13.6. The van der Waals surface area contributed by atoms with Gasteiger partial charge in [0, 0.05) is 25.2 Å². The van der Waals surface area contributed by atoms with E-state index >= 15 is 0 Å². The average Bonchev–Trinajstić information content (AvgIpc) is 2.61. The van der Waals surface area contributed by atoms with Crippen molar-refractivity contribution in [2.75, 3.05) is 7.05 Å². The first-order chi connectivity index (χ1) is 11.6. The van der Waals surface area contributed by atoms with Gasteiger partial charge in [0.1, 0.15) is 5.82 Å². The lowest BCUT2D eigenvalue weighted by Gasteiger charge is -2.15. The zero-order chi connectivity index (χ0) is 16.9. The van der Waals surface area contributed by atoms with Crippen molar-refractivity contribution < 1.29 is 9.18 Å². The van der Waals surface area contributed by atoms with Gasteiger partial charge in [-0.15, -0.1) is 0 Å². The number of benzene rings is 2. The largest absolute Gasteiger partial charge is 0.338 e. The molecule has 0 spiro atoms. The highest BCUT2D eigenvalue weighted by molar-refractivity contribution is 5.91. The molecule has 4 nitrogen and oxygen atoms in total. The number of nitrogens with zero attached hydrogens (tertiary/aromatic N) is 3. The van der Waals surface area contributed by atoms with Gasteiger partial charge in [0.05, 0.1) is 22.9 Å². The first kappa shape index (κ1) is 15.8. The molecule has 0 aliphatic heterocycles. The van der Waals surface area contributed by atoms with Gasteiger partial charge in [0.2, 0.25) is 5.91 Å². The summed E-state index contributed by atoms with van der Waals surface area (Å²) in [6.07, 6.45) is 4.64. The van der Waals surface area contributed by atoms with Crippen LogP contribution in [0, 0.1) is 5.82 Å². The molecule has 24 heavy (non-hydrogen) atoms. The number of amides is 1. The number of para-hydroxylation sites is 2. The molecule has 2 aromatic carbocycles. The molecule has 0 bridgehead atoms. The molecule has 3 rings (SSSR count). The SMILES string of the molecule is CN(Cc1ccccc1F)C(=O)C=Cc1cnc2ccccc2n1. The Morgan fingerprint density at radius 1 is 1.12 bits per heavy atom. The van der Waals surface area contributed by atoms with Crippen molar-refractivity contribution in [2.24, 2.45) is 0 Å². The Balaban J connectivity index is 1.70. The van der Waals surface area contributed by atoms with Crippen LogP contribution in [0.1, 0.15) is 11.3 Å². The zero-order valence-corrected chi connectivity index (χ0v) is 13.2. The van der Waals surface area contributed by atoms with E-state index in [9.17, 15) is 9.18 Å². The van der Waals surface area contributed by atoms with Crippen molar-refractivity contribution in [1.82, 2.24) is 14.9 Å². The topological polar surface area (TPSA) is 46.1 Å². The summed E-state index contributed by atoms with van der Waals surface area (Å²) in [7, 11) is 1.63. The molecule has 1 aromatic heterocycles. The van der Waals surface area contributed by atoms with E-state index < -0.39 is 0 Å². The van der Waals surface area contributed by atoms with Crippen molar-refractivity contribution in [3.63, 3.8) is 0 Å². The molecule has 0 unspecified atom stereocenters. The number of fused-ring (bicyclic) bond motifs is 1. The summed E-state index contributed by atoms with van der Waals surface area (Å²) in [4.78, 5) is 22.3. The third kappa shape index (κ3) is 3.63. The van der Waals surface area contributed by atoms with E-state index in [1.807, 2.05) is 24.3 Å². The molecular formula is C19H16FN3O. The number of hydrogen-bond donors (Lipinski definition) is 0. The van der Waals surface area contributed by atoms with Gasteiger partial charge in [0.15, 0.2) is 0 Å². The second-order valence-corrected chi connectivity index (χ2v) is 5.40. The number of carbonyl (C=O) groups is 1. The normalized spacial score (nSPS) is 11.1. The number of halogens is 1. The third-order valence-electron chi connectivity index (χ3n) is 3.61. The molecule has 1 heterocycles. The number of likely N-dealkylation sites (N-methyl/N-ethyl adjacent to an activating group) is 1. The van der Waals surface area contributed by atoms with Crippen LogP contribution in [-0.4, -0.2) is 27.8 Å². The molecule has 0 aliphatic carbocycles. The van der Waals surface area contributed by atoms with Crippen molar-refractivity contribution in [1.29, 1.82) is 0 Å². The van der Waals surface area contributed by atoms with Crippen molar-refractivity contribution in [3.8, 4) is 0 Å². The van der Waals surface area contributed by atoms with Gasteiger partial charge in [-0.3, -0.25) is 9.78 Å². The van der Waals surface area contributed by atoms with E-state index in [-0.39, 0.29) is 18.3 Å². The van der Waals surface area contributed by atoms with Gasteiger partial charge < -0.3 is 4.90 Å². The molecule has 0 saturated carbocycles. The summed E-state index contributed by atoms with van der Waals surface area (Å²) in [5, 5.41) is 0. The molecular weight excluding hydrogens is 305 g/mol. The highest BCUT2D eigenvalue weighted by Gasteiger charge is 2.09. The Labute approximate surface area is 139 Å². The van der Waals surface area contributed by atoms with Gasteiger partial charge in [0.25, 0.3) is 0 Å². The van der Waals surface area contributed by atoms with E-state index in [4.69, 9.17) is 0 Å². The van der Waals surface area contributed by atoms with Crippen molar-refractivity contribution >= 4 is 23.0 Å².